The van der Waals surface area contributed by atoms with Crippen LogP contribution in [0.5, 0.6) is 0 Å². The highest BCUT2D eigenvalue weighted by atomic mass is 16.4. The topological polar surface area (TPSA) is 104 Å². The van der Waals surface area contributed by atoms with Gasteiger partial charge in [0, 0.05) is 29.1 Å². The van der Waals surface area contributed by atoms with E-state index in [0.717, 1.165) is 33.8 Å². The Balaban J connectivity index is 1.18. The average molecular weight is 497 g/mol. The summed E-state index contributed by atoms with van der Waals surface area (Å²) < 4.78 is 11.9. The van der Waals surface area contributed by atoms with Gasteiger partial charge in [0.05, 0.1) is 17.6 Å². The maximum atomic E-state index is 5.94. The van der Waals surface area contributed by atoms with Crippen molar-refractivity contribution >= 4 is 22.3 Å². The molecule has 0 saturated carbocycles. The Kier molecular flexibility index (Phi) is 5.04. The molecule has 0 atom stereocenters. The van der Waals surface area contributed by atoms with Crippen molar-refractivity contribution in [3.05, 3.63) is 96.4 Å². The Bertz CT molecular complexity index is 1810. The first-order valence-corrected chi connectivity index (χ1v) is 12.1. The molecule has 6 aromatic heterocycles. The van der Waals surface area contributed by atoms with E-state index < -0.39 is 0 Å². The van der Waals surface area contributed by atoms with Crippen molar-refractivity contribution < 1.29 is 8.83 Å². The third-order valence-corrected chi connectivity index (χ3v) is 6.21. The molecule has 8 heteroatoms. The van der Waals surface area contributed by atoms with Gasteiger partial charge in [0.25, 0.3) is 0 Å². The zero-order valence-corrected chi connectivity index (χ0v) is 20.6. The summed E-state index contributed by atoms with van der Waals surface area (Å²) in [7, 11) is 0. The molecule has 0 aliphatic rings. The van der Waals surface area contributed by atoms with Crippen LogP contribution in [0.4, 0.5) is 0 Å². The number of aryl methyl sites for hydroxylation is 2. The number of aromatic nitrogens is 6. The van der Waals surface area contributed by atoms with Crippen molar-refractivity contribution in [2.75, 3.05) is 0 Å². The molecule has 7 rings (SSSR count). The van der Waals surface area contributed by atoms with Crippen LogP contribution in [0.25, 0.3) is 68.0 Å². The minimum Gasteiger partial charge on any atom is -0.435 e. The van der Waals surface area contributed by atoms with E-state index in [9.17, 15) is 0 Å². The van der Waals surface area contributed by atoms with E-state index >= 15 is 0 Å². The number of pyridine rings is 4. The maximum Gasteiger partial charge on any atom is 0.247 e. The minimum absolute atomic E-state index is 0.447. The molecule has 0 aliphatic carbocycles. The van der Waals surface area contributed by atoms with Gasteiger partial charge in [0.15, 0.2) is 16.8 Å². The number of benzene rings is 1. The Morgan fingerprint density at radius 1 is 0.553 bits per heavy atom. The van der Waals surface area contributed by atoms with Gasteiger partial charge in [-0.15, -0.1) is 0 Å². The summed E-state index contributed by atoms with van der Waals surface area (Å²) in [5.41, 5.74) is 9.42. The van der Waals surface area contributed by atoms with Crippen LogP contribution in [0.2, 0.25) is 0 Å². The summed E-state index contributed by atoms with van der Waals surface area (Å²) in [5.74, 6) is 0.916. The van der Waals surface area contributed by atoms with Crippen molar-refractivity contribution in [2.24, 2.45) is 0 Å². The van der Waals surface area contributed by atoms with Crippen molar-refractivity contribution in [3.63, 3.8) is 0 Å². The monoisotopic (exact) mass is 496 g/mol. The highest BCUT2D eigenvalue weighted by Crippen LogP contribution is 2.29. The number of rotatable bonds is 4. The average Bonchev–Trinajstić information content (AvgIpc) is 3.57. The molecule has 0 unspecified atom stereocenters. The number of hydrogen-bond acceptors (Lipinski definition) is 8. The summed E-state index contributed by atoms with van der Waals surface area (Å²) in [5, 5.41) is 0. The van der Waals surface area contributed by atoms with Crippen LogP contribution in [0.1, 0.15) is 11.3 Å². The number of nitrogens with zero attached hydrogens (tertiary/aromatic N) is 6. The molecular weight excluding hydrogens is 476 g/mol. The summed E-state index contributed by atoms with van der Waals surface area (Å²) >= 11 is 0. The van der Waals surface area contributed by atoms with Crippen LogP contribution in [0.15, 0.2) is 94.0 Å². The Morgan fingerprint density at radius 3 is 1.84 bits per heavy atom. The van der Waals surface area contributed by atoms with Crippen LogP contribution in [-0.2, 0) is 0 Å². The zero-order chi connectivity index (χ0) is 25.6. The third-order valence-electron chi connectivity index (χ3n) is 6.21. The fourth-order valence-electron chi connectivity index (χ4n) is 4.31. The second-order valence-electron chi connectivity index (χ2n) is 9.06. The van der Waals surface area contributed by atoms with Crippen LogP contribution in [-0.4, -0.2) is 29.9 Å². The quantitative estimate of drug-likeness (QED) is 0.261. The standard InChI is InChI=1S/C30H20N6O2/c1-17-13-27-28(32-15-17)36-30(38-27)24-8-4-6-22(34-24)20-11-9-19(10-12-20)21-5-3-7-23(33-21)29-35-25-16-31-18(2)14-26(25)37-29/h3-16H,1-2H3. The lowest BCUT2D eigenvalue weighted by atomic mass is 10.1. The highest BCUT2D eigenvalue weighted by Gasteiger charge is 2.13. The minimum atomic E-state index is 0.447. The highest BCUT2D eigenvalue weighted by molar-refractivity contribution is 5.76. The van der Waals surface area contributed by atoms with Gasteiger partial charge in [0.2, 0.25) is 11.8 Å². The number of fused-ring (bicyclic) bond motifs is 2. The first kappa shape index (κ1) is 22.0. The molecule has 0 amide bonds. The molecular formula is C30H20N6O2. The van der Waals surface area contributed by atoms with Crippen LogP contribution < -0.4 is 0 Å². The summed E-state index contributed by atoms with van der Waals surface area (Å²) in [4.78, 5) is 27.3. The van der Waals surface area contributed by atoms with Crippen molar-refractivity contribution in [2.45, 2.75) is 13.8 Å². The van der Waals surface area contributed by atoms with Gasteiger partial charge in [-0.05, 0) is 49.7 Å². The maximum absolute atomic E-state index is 5.94. The van der Waals surface area contributed by atoms with E-state index in [-0.39, 0.29) is 0 Å². The van der Waals surface area contributed by atoms with E-state index in [1.54, 1.807) is 12.4 Å². The molecule has 0 saturated heterocycles. The van der Waals surface area contributed by atoms with Gasteiger partial charge in [0.1, 0.15) is 16.9 Å². The predicted molar refractivity (Wildman–Crippen MR) is 144 cm³/mol. The van der Waals surface area contributed by atoms with E-state index in [2.05, 4.69) is 19.9 Å². The zero-order valence-electron chi connectivity index (χ0n) is 20.6. The molecule has 0 bridgehead atoms. The number of oxazole rings is 2. The van der Waals surface area contributed by atoms with Gasteiger partial charge >= 0.3 is 0 Å². The Hall–Kier alpha value is -5.24. The SMILES string of the molecule is Cc1cnc2nc(-c3cccc(-c4ccc(-c5cccc(-c6nc7cnc(C)cc7o6)n5)cc4)n3)oc2c1. The van der Waals surface area contributed by atoms with Gasteiger partial charge in [-0.25, -0.2) is 19.9 Å². The first-order chi connectivity index (χ1) is 18.6. The second-order valence-corrected chi connectivity index (χ2v) is 9.06. The van der Waals surface area contributed by atoms with Gasteiger partial charge in [-0.1, -0.05) is 36.4 Å². The van der Waals surface area contributed by atoms with Crippen molar-refractivity contribution in [1.82, 2.24) is 29.9 Å². The fraction of sp³-hybridized carbons (Fsp3) is 0.0667. The molecule has 1 aromatic carbocycles. The molecule has 38 heavy (non-hydrogen) atoms. The predicted octanol–water partition coefficient (Wildman–Crippen LogP) is 6.83. The summed E-state index contributed by atoms with van der Waals surface area (Å²) in [6.07, 6.45) is 3.49. The van der Waals surface area contributed by atoms with Crippen molar-refractivity contribution in [3.8, 4) is 45.7 Å². The summed E-state index contributed by atoms with van der Waals surface area (Å²) in [6.45, 7) is 3.89. The molecule has 0 spiro atoms. The van der Waals surface area contributed by atoms with Gasteiger partial charge in [-0.2, -0.15) is 4.98 Å². The normalized spacial score (nSPS) is 11.4. The van der Waals surface area contributed by atoms with Crippen LogP contribution >= 0.6 is 0 Å². The van der Waals surface area contributed by atoms with E-state index in [1.807, 2.05) is 86.6 Å². The first-order valence-electron chi connectivity index (χ1n) is 12.1. The van der Waals surface area contributed by atoms with Crippen LogP contribution in [0, 0.1) is 13.8 Å². The summed E-state index contributed by atoms with van der Waals surface area (Å²) in [6, 6.07) is 23.5. The van der Waals surface area contributed by atoms with Crippen molar-refractivity contribution in [1.29, 1.82) is 0 Å². The largest absolute Gasteiger partial charge is 0.435 e. The van der Waals surface area contributed by atoms with Gasteiger partial charge < -0.3 is 8.83 Å². The molecule has 0 radical (unpaired) electrons. The molecule has 8 nitrogen and oxygen atoms in total. The van der Waals surface area contributed by atoms with E-state index in [1.165, 1.54) is 0 Å². The molecule has 0 aliphatic heterocycles. The Labute approximate surface area is 217 Å². The molecule has 6 heterocycles. The second kappa shape index (κ2) is 8.70. The van der Waals surface area contributed by atoms with Gasteiger partial charge in [-0.3, -0.25) is 4.98 Å². The lowest BCUT2D eigenvalue weighted by molar-refractivity contribution is 0.616. The molecule has 0 fully saturated rings. The molecule has 7 aromatic rings. The smallest absolute Gasteiger partial charge is 0.247 e. The molecule has 182 valence electrons. The lowest BCUT2D eigenvalue weighted by Crippen LogP contribution is -1.90. The molecule has 0 N–H and O–H groups in total. The van der Waals surface area contributed by atoms with E-state index in [4.69, 9.17) is 18.8 Å². The lowest BCUT2D eigenvalue weighted by Gasteiger charge is -2.06. The number of hydrogen-bond donors (Lipinski definition) is 0. The fourth-order valence-corrected chi connectivity index (χ4v) is 4.31. The third kappa shape index (κ3) is 3.98. The van der Waals surface area contributed by atoms with Crippen LogP contribution in [0.3, 0.4) is 0 Å². The van der Waals surface area contributed by atoms with E-state index in [0.29, 0.717) is 45.5 Å². The Morgan fingerprint density at radius 2 is 1.16 bits per heavy atom.